The molecule has 0 bridgehead atoms. The lowest BCUT2D eigenvalue weighted by Gasteiger charge is -2.39. The summed E-state index contributed by atoms with van der Waals surface area (Å²) in [6.07, 6.45) is -2.15. The number of hydrogen-bond acceptors (Lipinski definition) is 6. The molecule has 1 aromatic heterocycles. The third kappa shape index (κ3) is 5.00. The molecule has 2 N–H and O–H groups in total. The Morgan fingerprint density at radius 3 is 2.39 bits per heavy atom. The lowest BCUT2D eigenvalue weighted by Crippen LogP contribution is -2.51. The summed E-state index contributed by atoms with van der Waals surface area (Å²) in [7, 11) is -3.34. The molecule has 1 aromatic rings. The first-order chi connectivity index (χ1) is 12.9. The zero-order valence-corrected chi connectivity index (χ0v) is 15.6. The van der Waals surface area contributed by atoms with Gasteiger partial charge in [-0.05, 0) is 18.8 Å². The number of hydrogen-bond donors (Lipinski definition) is 1. The third-order valence-electron chi connectivity index (χ3n) is 4.73. The predicted molar refractivity (Wildman–Crippen MR) is 91.6 cm³/mol. The Labute approximate surface area is 159 Å². The van der Waals surface area contributed by atoms with Crippen LogP contribution in [0, 0.1) is 5.41 Å². The first kappa shape index (κ1) is 20.6. The topological polar surface area (TPSA) is 116 Å². The molecule has 2 aliphatic rings. The van der Waals surface area contributed by atoms with Crippen LogP contribution in [0.3, 0.4) is 0 Å². The summed E-state index contributed by atoms with van der Waals surface area (Å²) < 4.78 is 65.5. The number of aromatic nitrogens is 1. The maximum atomic E-state index is 12.6. The van der Waals surface area contributed by atoms with Crippen LogP contribution in [-0.4, -0.2) is 49.4 Å². The Balaban J connectivity index is 1.80. The Morgan fingerprint density at radius 1 is 1.25 bits per heavy atom. The molecule has 0 spiro atoms. The number of carbonyl (C=O) groups excluding carboxylic acids is 2. The number of carbonyl (C=O) groups is 2. The van der Waals surface area contributed by atoms with Crippen molar-refractivity contribution >= 4 is 21.5 Å². The van der Waals surface area contributed by atoms with E-state index in [0.717, 1.165) is 18.9 Å². The summed E-state index contributed by atoms with van der Waals surface area (Å²) in [4.78, 5) is 27.9. The summed E-state index contributed by atoms with van der Waals surface area (Å²) in [6, 6.07) is 1.16. The SMILES string of the molecule is NC(=O)CC1(CC(=O)c2cc(OCC(F)(F)F)c(C3CC3)cn2)CS(=O)(=O)C1. The second kappa shape index (κ2) is 7.02. The van der Waals surface area contributed by atoms with E-state index in [0.29, 0.717) is 5.56 Å². The fourth-order valence-electron chi connectivity index (χ4n) is 3.54. The standard InChI is InChI=1S/C17H19F3N2O5S/c18-17(19,20)7-27-14-3-12(22-6-11(14)10-1-2-10)13(23)4-16(5-15(21)24)8-28(25,26)9-16/h3,6,10H,1-2,4-5,7-9H2,(H2,21,24). The first-order valence-corrected chi connectivity index (χ1v) is 10.4. The molecule has 0 aromatic carbocycles. The Morgan fingerprint density at radius 2 is 1.89 bits per heavy atom. The molecule has 28 heavy (non-hydrogen) atoms. The largest absolute Gasteiger partial charge is 0.484 e. The van der Waals surface area contributed by atoms with Crippen LogP contribution in [0.2, 0.25) is 0 Å². The van der Waals surface area contributed by atoms with Crippen molar-refractivity contribution in [1.82, 2.24) is 4.98 Å². The number of rotatable bonds is 8. The van der Waals surface area contributed by atoms with Crippen molar-refractivity contribution in [3.05, 3.63) is 23.5 Å². The molecule has 1 aliphatic carbocycles. The Kier molecular flexibility index (Phi) is 5.15. The number of ketones is 1. The fraction of sp³-hybridized carbons (Fsp3) is 0.588. The van der Waals surface area contributed by atoms with Crippen LogP contribution in [0.1, 0.15) is 47.7 Å². The van der Waals surface area contributed by atoms with Crippen molar-refractivity contribution in [2.45, 2.75) is 37.8 Å². The summed E-state index contributed by atoms with van der Waals surface area (Å²) in [5.74, 6) is -1.98. The van der Waals surface area contributed by atoms with Crippen LogP contribution in [0.15, 0.2) is 12.3 Å². The van der Waals surface area contributed by atoms with Crippen LogP contribution in [0.5, 0.6) is 5.75 Å². The number of alkyl halides is 3. The van der Waals surface area contributed by atoms with E-state index in [-0.39, 0.29) is 41.7 Å². The minimum absolute atomic E-state index is 0.0524. The number of ether oxygens (including phenoxy) is 1. The third-order valence-corrected chi connectivity index (χ3v) is 6.83. The van der Waals surface area contributed by atoms with Crippen molar-refractivity contribution in [1.29, 1.82) is 0 Å². The first-order valence-electron chi connectivity index (χ1n) is 8.60. The number of amides is 1. The molecular formula is C17H19F3N2O5S. The normalized spacial score (nSPS) is 20.2. The fourth-order valence-corrected chi connectivity index (χ4v) is 5.73. The molecular weight excluding hydrogens is 401 g/mol. The van der Waals surface area contributed by atoms with Gasteiger partial charge in [0, 0.05) is 36.1 Å². The van der Waals surface area contributed by atoms with E-state index in [4.69, 9.17) is 10.5 Å². The van der Waals surface area contributed by atoms with Gasteiger partial charge in [0.15, 0.2) is 22.2 Å². The van der Waals surface area contributed by atoms with Crippen LogP contribution < -0.4 is 10.5 Å². The van der Waals surface area contributed by atoms with E-state index < -0.39 is 39.7 Å². The molecule has 1 aliphatic heterocycles. The number of halogens is 3. The lowest BCUT2D eigenvalue weighted by atomic mass is 9.81. The van der Waals surface area contributed by atoms with Gasteiger partial charge in [-0.3, -0.25) is 14.6 Å². The zero-order valence-electron chi connectivity index (χ0n) is 14.8. The van der Waals surface area contributed by atoms with Gasteiger partial charge in [-0.2, -0.15) is 13.2 Å². The number of primary amides is 1. The molecule has 1 saturated carbocycles. The van der Waals surface area contributed by atoms with Crippen LogP contribution in [-0.2, 0) is 14.6 Å². The van der Waals surface area contributed by atoms with Gasteiger partial charge >= 0.3 is 6.18 Å². The van der Waals surface area contributed by atoms with Crippen LogP contribution in [0.25, 0.3) is 0 Å². The van der Waals surface area contributed by atoms with E-state index in [2.05, 4.69) is 4.98 Å². The van der Waals surface area contributed by atoms with Crippen molar-refractivity contribution in [2.24, 2.45) is 11.1 Å². The average Bonchev–Trinajstić information content (AvgIpc) is 3.33. The van der Waals surface area contributed by atoms with Gasteiger partial charge in [0.2, 0.25) is 5.91 Å². The van der Waals surface area contributed by atoms with E-state index in [1.54, 1.807) is 0 Å². The summed E-state index contributed by atoms with van der Waals surface area (Å²) >= 11 is 0. The van der Waals surface area contributed by atoms with Gasteiger partial charge in [0.05, 0.1) is 11.5 Å². The molecule has 154 valence electrons. The van der Waals surface area contributed by atoms with Gasteiger partial charge in [0.1, 0.15) is 11.4 Å². The van der Waals surface area contributed by atoms with E-state index >= 15 is 0 Å². The van der Waals surface area contributed by atoms with Gasteiger partial charge in [-0.25, -0.2) is 8.42 Å². The molecule has 0 radical (unpaired) electrons. The van der Waals surface area contributed by atoms with Gasteiger partial charge in [-0.1, -0.05) is 0 Å². The molecule has 2 heterocycles. The summed E-state index contributed by atoms with van der Waals surface area (Å²) in [6.45, 7) is -1.49. The molecule has 1 amide bonds. The number of nitrogens with two attached hydrogens (primary N) is 1. The average molecular weight is 420 g/mol. The van der Waals surface area contributed by atoms with Gasteiger partial charge in [0.25, 0.3) is 0 Å². The van der Waals surface area contributed by atoms with Crippen molar-refractivity contribution in [3.8, 4) is 5.75 Å². The highest BCUT2D eigenvalue weighted by molar-refractivity contribution is 7.92. The quantitative estimate of drug-likeness (QED) is 0.641. The van der Waals surface area contributed by atoms with Crippen molar-refractivity contribution in [2.75, 3.05) is 18.1 Å². The lowest BCUT2D eigenvalue weighted by molar-refractivity contribution is -0.153. The van der Waals surface area contributed by atoms with E-state index in [9.17, 15) is 31.2 Å². The van der Waals surface area contributed by atoms with Crippen molar-refractivity contribution < 1.29 is 35.9 Å². The number of nitrogens with zero attached hydrogens (tertiary/aromatic N) is 1. The molecule has 2 fully saturated rings. The smallest absolute Gasteiger partial charge is 0.422 e. The summed E-state index contributed by atoms with van der Waals surface area (Å²) in [5.41, 5.74) is 4.46. The van der Waals surface area contributed by atoms with Gasteiger partial charge in [-0.15, -0.1) is 0 Å². The van der Waals surface area contributed by atoms with E-state index in [1.807, 2.05) is 0 Å². The second-order valence-electron chi connectivity index (χ2n) is 7.56. The monoisotopic (exact) mass is 420 g/mol. The number of pyridine rings is 1. The molecule has 1 saturated heterocycles. The molecule has 0 unspecified atom stereocenters. The predicted octanol–water partition coefficient (Wildman–Crippen LogP) is 1.76. The maximum absolute atomic E-state index is 12.6. The Hall–Kier alpha value is -2.17. The van der Waals surface area contributed by atoms with E-state index in [1.165, 1.54) is 6.20 Å². The van der Waals surface area contributed by atoms with Crippen molar-refractivity contribution in [3.63, 3.8) is 0 Å². The summed E-state index contributed by atoms with van der Waals surface area (Å²) in [5, 5.41) is 0. The zero-order chi connectivity index (χ0) is 20.7. The van der Waals surface area contributed by atoms with Gasteiger partial charge < -0.3 is 10.5 Å². The maximum Gasteiger partial charge on any atom is 0.422 e. The van der Waals surface area contributed by atoms with Crippen LogP contribution in [0.4, 0.5) is 13.2 Å². The molecule has 7 nitrogen and oxygen atoms in total. The van der Waals surface area contributed by atoms with Crippen LogP contribution >= 0.6 is 0 Å². The molecule has 0 atom stereocenters. The molecule has 3 rings (SSSR count). The Bertz CT molecular complexity index is 898. The number of sulfone groups is 1. The minimum Gasteiger partial charge on any atom is -0.484 e. The number of Topliss-reactive ketones (excluding diaryl/α,β-unsaturated/α-hetero) is 1. The highest BCUT2D eigenvalue weighted by atomic mass is 32.2. The molecule has 11 heteroatoms. The highest BCUT2D eigenvalue weighted by Crippen LogP contribution is 2.45. The second-order valence-corrected chi connectivity index (χ2v) is 9.63. The minimum atomic E-state index is -4.53. The highest BCUT2D eigenvalue weighted by Gasteiger charge is 2.50.